The van der Waals surface area contributed by atoms with Crippen molar-refractivity contribution in [2.75, 3.05) is 86.3 Å². The molecule has 4 aromatic rings. The number of carbonyl (C=O) groups is 1. The van der Waals surface area contributed by atoms with Crippen LogP contribution in [0.4, 0.5) is 5.95 Å². The Hall–Kier alpha value is -4.90. The zero-order valence-corrected chi connectivity index (χ0v) is 31.7. The lowest BCUT2D eigenvalue weighted by atomic mass is 9.76. The molecular weight excluding hydrogens is 658 g/mol. The number of hydrogen-bond donors (Lipinski definition) is 0. The Kier molecular flexibility index (Phi) is 11.5. The number of carbonyl (C=O) groups excluding carboxylic acids is 1. The van der Waals surface area contributed by atoms with Gasteiger partial charge >= 0.3 is 0 Å². The van der Waals surface area contributed by atoms with E-state index in [1.165, 1.54) is 11.1 Å². The van der Waals surface area contributed by atoms with Crippen molar-refractivity contribution in [2.24, 2.45) is 0 Å². The molecule has 0 saturated carbocycles. The maximum Gasteiger partial charge on any atom is 0.254 e. The highest BCUT2D eigenvalue weighted by molar-refractivity contribution is 5.96. The van der Waals surface area contributed by atoms with Gasteiger partial charge in [0.05, 0.1) is 46.6 Å². The maximum absolute atomic E-state index is 14.1. The van der Waals surface area contributed by atoms with Gasteiger partial charge in [0.2, 0.25) is 11.7 Å². The molecule has 11 heteroatoms. The molecule has 278 valence electrons. The van der Waals surface area contributed by atoms with Crippen LogP contribution in [0.1, 0.15) is 49.0 Å². The van der Waals surface area contributed by atoms with E-state index in [0.717, 1.165) is 75.6 Å². The van der Waals surface area contributed by atoms with Crippen LogP contribution >= 0.6 is 0 Å². The summed E-state index contributed by atoms with van der Waals surface area (Å²) >= 11 is 0. The smallest absolute Gasteiger partial charge is 0.254 e. The van der Waals surface area contributed by atoms with Crippen molar-refractivity contribution in [3.05, 3.63) is 77.4 Å². The monoisotopic (exact) mass is 711 g/mol. The number of aromatic nitrogens is 2. The van der Waals surface area contributed by atoms with E-state index >= 15 is 0 Å². The molecule has 11 nitrogen and oxygen atoms in total. The van der Waals surface area contributed by atoms with Crippen molar-refractivity contribution in [1.29, 1.82) is 0 Å². The molecule has 6 rings (SSSR count). The number of methoxy groups -OCH3 is 5. The fraction of sp³-hybridized carbons (Fsp3) is 0.463. The van der Waals surface area contributed by atoms with Crippen LogP contribution in [0.25, 0.3) is 11.0 Å². The molecule has 0 spiro atoms. The normalized spacial score (nSPS) is 17.9. The van der Waals surface area contributed by atoms with Crippen LogP contribution in [-0.2, 0) is 12.0 Å². The Morgan fingerprint density at radius 1 is 0.808 bits per heavy atom. The highest BCUT2D eigenvalue weighted by atomic mass is 16.5. The van der Waals surface area contributed by atoms with E-state index in [-0.39, 0.29) is 11.3 Å². The molecule has 0 bridgehead atoms. The number of hydrogen-bond acceptors (Lipinski definition) is 9. The number of imidazole rings is 1. The fourth-order valence-electron chi connectivity index (χ4n) is 7.71. The summed E-state index contributed by atoms with van der Waals surface area (Å²) in [6.07, 6.45) is 5.03. The molecule has 1 amide bonds. The van der Waals surface area contributed by atoms with Gasteiger partial charge in [-0.15, -0.1) is 0 Å². The van der Waals surface area contributed by atoms with Gasteiger partial charge < -0.3 is 43.0 Å². The molecule has 1 unspecified atom stereocenters. The third-order valence-corrected chi connectivity index (χ3v) is 10.6. The number of nitrogens with zero attached hydrogens (tertiary/aromatic N) is 5. The van der Waals surface area contributed by atoms with E-state index in [1.54, 1.807) is 47.7 Å². The van der Waals surface area contributed by atoms with Gasteiger partial charge in [0.1, 0.15) is 0 Å². The highest BCUT2D eigenvalue weighted by Gasteiger charge is 2.42. The van der Waals surface area contributed by atoms with Crippen LogP contribution in [0, 0.1) is 0 Å². The molecule has 1 atom stereocenters. The topological polar surface area (TPSA) is 90.8 Å². The zero-order chi connectivity index (χ0) is 36.8. The Balaban J connectivity index is 1.23. The van der Waals surface area contributed by atoms with E-state index in [4.69, 9.17) is 28.7 Å². The van der Waals surface area contributed by atoms with Crippen LogP contribution in [0.2, 0.25) is 0 Å². The average Bonchev–Trinajstić information content (AvgIpc) is 3.69. The Morgan fingerprint density at radius 2 is 1.54 bits per heavy atom. The second kappa shape index (κ2) is 16.2. The molecule has 3 aromatic carbocycles. The predicted octanol–water partition coefficient (Wildman–Crippen LogP) is 6.43. The summed E-state index contributed by atoms with van der Waals surface area (Å²) < 4.78 is 30.3. The number of ether oxygens (including phenoxy) is 5. The van der Waals surface area contributed by atoms with E-state index in [1.807, 2.05) is 11.0 Å². The Morgan fingerprint density at radius 3 is 2.23 bits per heavy atom. The van der Waals surface area contributed by atoms with E-state index in [0.29, 0.717) is 47.4 Å². The van der Waals surface area contributed by atoms with Crippen LogP contribution in [-0.4, -0.2) is 107 Å². The molecule has 2 fully saturated rings. The fourth-order valence-corrected chi connectivity index (χ4v) is 7.71. The molecular formula is C41H53N5O6. The Labute approximate surface area is 307 Å². The minimum Gasteiger partial charge on any atom is -0.493 e. The second-order valence-corrected chi connectivity index (χ2v) is 14.0. The first-order valence-corrected chi connectivity index (χ1v) is 18.1. The van der Waals surface area contributed by atoms with Crippen molar-refractivity contribution in [3.63, 3.8) is 0 Å². The molecule has 0 radical (unpaired) electrons. The van der Waals surface area contributed by atoms with Crippen molar-refractivity contribution < 1.29 is 28.5 Å². The van der Waals surface area contributed by atoms with Crippen LogP contribution in [0.3, 0.4) is 0 Å². The van der Waals surface area contributed by atoms with Gasteiger partial charge in [0.15, 0.2) is 23.0 Å². The van der Waals surface area contributed by atoms with E-state index in [2.05, 4.69) is 70.7 Å². The summed E-state index contributed by atoms with van der Waals surface area (Å²) in [6, 6.07) is 18.1. The molecule has 2 saturated heterocycles. The van der Waals surface area contributed by atoms with Crippen LogP contribution in [0.5, 0.6) is 28.7 Å². The largest absolute Gasteiger partial charge is 0.493 e. The van der Waals surface area contributed by atoms with Gasteiger partial charge in [0, 0.05) is 50.2 Å². The first kappa shape index (κ1) is 36.9. The quantitative estimate of drug-likeness (QED) is 0.146. The summed E-state index contributed by atoms with van der Waals surface area (Å²) in [5.74, 6) is 3.73. The molecule has 52 heavy (non-hydrogen) atoms. The van der Waals surface area contributed by atoms with Crippen molar-refractivity contribution in [3.8, 4) is 28.7 Å². The van der Waals surface area contributed by atoms with Gasteiger partial charge in [0.25, 0.3) is 5.91 Å². The van der Waals surface area contributed by atoms with E-state index < -0.39 is 0 Å². The summed E-state index contributed by atoms with van der Waals surface area (Å²) in [6.45, 7) is 11.0. The number of rotatable bonds is 13. The summed E-state index contributed by atoms with van der Waals surface area (Å²) in [4.78, 5) is 26.2. The lowest BCUT2D eigenvalue weighted by molar-refractivity contribution is 0.0780. The highest BCUT2D eigenvalue weighted by Crippen LogP contribution is 2.43. The number of benzene rings is 3. The summed E-state index contributed by atoms with van der Waals surface area (Å²) in [7, 11) is 8.00. The van der Waals surface area contributed by atoms with Crippen molar-refractivity contribution >= 4 is 22.9 Å². The molecule has 1 aromatic heterocycles. The minimum atomic E-state index is -0.278. The standard InChI is InChI=1S/C41H53N5O6/c1-29(2)15-20-46-33-12-9-8-11-32(33)42-40(46)44-19-10-18-43(23-24-44)21-16-41(31-13-14-34(48-3)35(27-31)49-4)17-22-45(28-41)39(47)30-25-36(50-5)38(52-7)37(26-30)51-6/h8-9,11-15,25-27H,10,16-24,28H2,1-7H3. The SMILES string of the molecule is COc1ccc(C2(CCN3CCCN(c4nc5ccccc5n4CC=C(C)C)CC3)CCN(C(=O)c3cc(OC)c(OC)c(OC)c3)C2)cc1OC. The van der Waals surface area contributed by atoms with Gasteiger partial charge in [-0.3, -0.25) is 4.79 Å². The number of anilines is 1. The van der Waals surface area contributed by atoms with Gasteiger partial charge in [-0.1, -0.05) is 29.8 Å². The molecule has 2 aliphatic rings. The van der Waals surface area contributed by atoms with Gasteiger partial charge in [-0.2, -0.15) is 0 Å². The number of amides is 1. The molecule has 3 heterocycles. The minimum absolute atomic E-state index is 0.0666. The van der Waals surface area contributed by atoms with Gasteiger partial charge in [-0.05, 0) is 88.2 Å². The van der Waals surface area contributed by atoms with Crippen molar-refractivity contribution in [2.45, 2.75) is 45.1 Å². The van der Waals surface area contributed by atoms with Crippen LogP contribution in [0.15, 0.2) is 66.2 Å². The first-order chi connectivity index (χ1) is 25.2. The van der Waals surface area contributed by atoms with Crippen LogP contribution < -0.4 is 28.6 Å². The first-order valence-electron chi connectivity index (χ1n) is 18.1. The lowest BCUT2D eigenvalue weighted by Gasteiger charge is -2.33. The second-order valence-electron chi connectivity index (χ2n) is 14.0. The lowest BCUT2D eigenvalue weighted by Crippen LogP contribution is -2.39. The van der Waals surface area contributed by atoms with E-state index in [9.17, 15) is 4.79 Å². The molecule has 2 aliphatic heterocycles. The molecule has 0 aliphatic carbocycles. The zero-order valence-electron chi connectivity index (χ0n) is 31.7. The number of para-hydroxylation sites is 2. The summed E-state index contributed by atoms with van der Waals surface area (Å²) in [5.41, 5.74) is 4.87. The number of allylic oxidation sites excluding steroid dienone is 2. The van der Waals surface area contributed by atoms with Gasteiger partial charge in [-0.25, -0.2) is 4.98 Å². The maximum atomic E-state index is 14.1. The predicted molar refractivity (Wildman–Crippen MR) is 205 cm³/mol. The number of fused-ring (bicyclic) bond motifs is 1. The molecule has 0 N–H and O–H groups in total. The summed E-state index contributed by atoms with van der Waals surface area (Å²) in [5, 5.41) is 0. The third-order valence-electron chi connectivity index (χ3n) is 10.6. The Bertz CT molecular complexity index is 1880. The third kappa shape index (κ3) is 7.51. The van der Waals surface area contributed by atoms with Crippen molar-refractivity contribution in [1.82, 2.24) is 19.4 Å². The number of likely N-dealkylation sites (tertiary alicyclic amines) is 1. The average molecular weight is 712 g/mol.